The largest absolute Gasteiger partial charge is 0.481 e. The third kappa shape index (κ3) is 4.17. The fraction of sp³-hybridized carbons (Fsp3) is 0.278. The Labute approximate surface area is 146 Å². The Morgan fingerprint density at radius 2 is 2.08 bits per heavy atom. The number of carbonyl (C=O) groups excluding carboxylic acids is 1. The van der Waals surface area contributed by atoms with Crippen molar-refractivity contribution in [3.05, 3.63) is 59.4 Å². The standard InChI is InChI=1S/C18H19FN2O2.ClH/c19-15-5-1-2-7-17(15)23-11-18(22)21-16-6-3-4-12-10-13(20)8-9-14(12)16;/h1-2,5,7-10,16H,3-4,6,11,20H2,(H,21,22);1H. The van der Waals surface area contributed by atoms with Crippen LogP contribution in [0.5, 0.6) is 5.75 Å². The van der Waals surface area contributed by atoms with Gasteiger partial charge in [0.15, 0.2) is 18.2 Å². The number of hydrogen-bond acceptors (Lipinski definition) is 3. The summed E-state index contributed by atoms with van der Waals surface area (Å²) in [4.78, 5) is 12.1. The molecule has 0 saturated heterocycles. The number of benzene rings is 2. The Morgan fingerprint density at radius 3 is 2.88 bits per heavy atom. The Balaban J connectivity index is 0.00000208. The summed E-state index contributed by atoms with van der Waals surface area (Å²) in [5, 5.41) is 2.96. The van der Waals surface area contributed by atoms with Crippen molar-refractivity contribution in [3.8, 4) is 5.75 Å². The predicted octanol–water partition coefficient (Wildman–Crippen LogP) is 3.40. The molecule has 0 spiro atoms. The second kappa shape index (κ2) is 8.02. The molecule has 0 fully saturated rings. The van der Waals surface area contributed by atoms with Crippen molar-refractivity contribution < 1.29 is 13.9 Å². The zero-order valence-electron chi connectivity index (χ0n) is 13.1. The van der Waals surface area contributed by atoms with Gasteiger partial charge < -0.3 is 15.8 Å². The molecule has 3 rings (SSSR count). The highest BCUT2D eigenvalue weighted by Gasteiger charge is 2.22. The lowest BCUT2D eigenvalue weighted by atomic mass is 9.87. The molecule has 0 bridgehead atoms. The molecule has 0 heterocycles. The normalized spacial score (nSPS) is 15.8. The quantitative estimate of drug-likeness (QED) is 0.831. The maximum atomic E-state index is 13.5. The fourth-order valence-electron chi connectivity index (χ4n) is 2.93. The van der Waals surface area contributed by atoms with Gasteiger partial charge in [-0.2, -0.15) is 0 Å². The van der Waals surface area contributed by atoms with Gasteiger partial charge in [-0.3, -0.25) is 4.79 Å². The number of aryl methyl sites for hydroxylation is 1. The van der Waals surface area contributed by atoms with E-state index in [0.29, 0.717) is 0 Å². The topological polar surface area (TPSA) is 64.3 Å². The van der Waals surface area contributed by atoms with Crippen LogP contribution in [0.4, 0.5) is 10.1 Å². The minimum absolute atomic E-state index is 0. The molecule has 0 radical (unpaired) electrons. The first-order valence-electron chi connectivity index (χ1n) is 7.68. The number of hydrogen-bond donors (Lipinski definition) is 2. The average Bonchev–Trinajstić information content (AvgIpc) is 2.54. The molecule has 1 atom stereocenters. The van der Waals surface area contributed by atoms with Gasteiger partial charge in [0.25, 0.3) is 5.91 Å². The van der Waals surface area contributed by atoms with Crippen LogP contribution in [0.15, 0.2) is 42.5 Å². The summed E-state index contributed by atoms with van der Waals surface area (Å²) < 4.78 is 18.7. The molecule has 1 amide bonds. The second-order valence-electron chi connectivity index (χ2n) is 5.69. The summed E-state index contributed by atoms with van der Waals surface area (Å²) in [6, 6.07) is 11.8. The van der Waals surface area contributed by atoms with E-state index in [1.54, 1.807) is 12.1 Å². The van der Waals surface area contributed by atoms with Crippen LogP contribution < -0.4 is 15.8 Å². The maximum absolute atomic E-state index is 13.5. The number of nitrogens with one attached hydrogen (secondary N) is 1. The van der Waals surface area contributed by atoms with Crippen LogP contribution in [0.2, 0.25) is 0 Å². The third-order valence-corrected chi connectivity index (χ3v) is 4.01. The Kier molecular flexibility index (Phi) is 6.04. The lowest BCUT2D eigenvalue weighted by Gasteiger charge is -2.26. The van der Waals surface area contributed by atoms with Gasteiger partial charge in [-0.15, -0.1) is 12.4 Å². The Bertz CT molecular complexity index is 724. The van der Waals surface area contributed by atoms with Crippen molar-refractivity contribution in [2.75, 3.05) is 12.3 Å². The van der Waals surface area contributed by atoms with E-state index in [1.165, 1.54) is 17.7 Å². The van der Waals surface area contributed by atoms with Crippen LogP contribution in [0.25, 0.3) is 0 Å². The molecule has 0 saturated carbocycles. The summed E-state index contributed by atoms with van der Waals surface area (Å²) in [6.07, 6.45) is 2.84. The van der Waals surface area contributed by atoms with Crippen LogP contribution in [-0.4, -0.2) is 12.5 Å². The number of anilines is 1. The summed E-state index contributed by atoms with van der Waals surface area (Å²) in [5.41, 5.74) is 8.83. The number of fused-ring (bicyclic) bond motifs is 1. The summed E-state index contributed by atoms with van der Waals surface area (Å²) in [5.74, 6) is -0.652. The number of rotatable bonds is 4. The van der Waals surface area contributed by atoms with E-state index in [2.05, 4.69) is 5.32 Å². The van der Waals surface area contributed by atoms with Gasteiger partial charge in [-0.05, 0) is 54.7 Å². The van der Waals surface area contributed by atoms with Crippen molar-refractivity contribution in [2.45, 2.75) is 25.3 Å². The molecule has 2 aromatic carbocycles. The van der Waals surface area contributed by atoms with Gasteiger partial charge in [0.1, 0.15) is 0 Å². The van der Waals surface area contributed by atoms with Gasteiger partial charge in [-0.1, -0.05) is 18.2 Å². The average molecular weight is 351 g/mol. The number of ether oxygens (including phenoxy) is 1. The lowest BCUT2D eigenvalue weighted by molar-refractivity contribution is -0.124. The second-order valence-corrected chi connectivity index (χ2v) is 5.69. The summed E-state index contributed by atoms with van der Waals surface area (Å²) in [7, 11) is 0. The molecule has 1 unspecified atom stereocenters. The first kappa shape index (κ1) is 18.1. The fourth-order valence-corrected chi connectivity index (χ4v) is 2.93. The van der Waals surface area contributed by atoms with Gasteiger partial charge in [0, 0.05) is 5.69 Å². The minimum Gasteiger partial charge on any atom is -0.481 e. The van der Waals surface area contributed by atoms with Gasteiger partial charge in [0.05, 0.1) is 6.04 Å². The Hall–Kier alpha value is -2.27. The van der Waals surface area contributed by atoms with Crippen LogP contribution in [0.1, 0.15) is 30.0 Å². The molecule has 1 aliphatic carbocycles. The van der Waals surface area contributed by atoms with Gasteiger partial charge in [-0.25, -0.2) is 4.39 Å². The number of nitrogens with two attached hydrogens (primary N) is 1. The monoisotopic (exact) mass is 350 g/mol. The molecule has 24 heavy (non-hydrogen) atoms. The van der Waals surface area contributed by atoms with E-state index < -0.39 is 5.82 Å². The predicted molar refractivity (Wildman–Crippen MR) is 93.8 cm³/mol. The van der Waals surface area contributed by atoms with Gasteiger partial charge >= 0.3 is 0 Å². The van der Waals surface area contributed by atoms with Crippen LogP contribution in [0, 0.1) is 5.82 Å². The third-order valence-electron chi connectivity index (χ3n) is 4.01. The molecule has 0 aromatic heterocycles. The van der Waals surface area contributed by atoms with E-state index in [0.717, 1.165) is 30.5 Å². The van der Waals surface area contributed by atoms with Crippen molar-refractivity contribution >= 4 is 24.0 Å². The van der Waals surface area contributed by atoms with Gasteiger partial charge in [0.2, 0.25) is 0 Å². The molecule has 1 aliphatic rings. The molecule has 128 valence electrons. The minimum atomic E-state index is -0.473. The Morgan fingerprint density at radius 1 is 1.29 bits per heavy atom. The number of para-hydroxylation sites is 1. The number of halogens is 2. The smallest absolute Gasteiger partial charge is 0.258 e. The number of carbonyl (C=O) groups is 1. The molecular formula is C18H20ClFN2O2. The lowest BCUT2D eigenvalue weighted by Crippen LogP contribution is -2.34. The zero-order valence-corrected chi connectivity index (χ0v) is 13.9. The van der Waals surface area contributed by atoms with Crippen LogP contribution in [0.3, 0.4) is 0 Å². The highest BCUT2D eigenvalue weighted by Crippen LogP contribution is 2.30. The first-order chi connectivity index (χ1) is 11.1. The maximum Gasteiger partial charge on any atom is 0.258 e. The summed E-state index contributed by atoms with van der Waals surface area (Å²) >= 11 is 0. The van der Waals surface area contributed by atoms with E-state index in [9.17, 15) is 9.18 Å². The molecular weight excluding hydrogens is 331 g/mol. The molecule has 6 heteroatoms. The number of amides is 1. The molecule has 2 aromatic rings. The summed E-state index contributed by atoms with van der Waals surface area (Å²) in [6.45, 7) is -0.207. The van der Waals surface area contributed by atoms with E-state index in [4.69, 9.17) is 10.5 Å². The highest BCUT2D eigenvalue weighted by atomic mass is 35.5. The van der Waals surface area contributed by atoms with Crippen molar-refractivity contribution in [2.24, 2.45) is 0 Å². The zero-order chi connectivity index (χ0) is 16.2. The van der Waals surface area contributed by atoms with Crippen LogP contribution in [-0.2, 0) is 11.2 Å². The number of nitrogen functional groups attached to an aromatic ring is 1. The van der Waals surface area contributed by atoms with Crippen molar-refractivity contribution in [1.29, 1.82) is 0 Å². The van der Waals surface area contributed by atoms with Crippen molar-refractivity contribution in [3.63, 3.8) is 0 Å². The van der Waals surface area contributed by atoms with E-state index in [1.807, 2.05) is 18.2 Å². The van der Waals surface area contributed by atoms with E-state index >= 15 is 0 Å². The van der Waals surface area contributed by atoms with E-state index in [-0.39, 0.29) is 36.7 Å². The molecule has 3 N–H and O–H groups in total. The highest BCUT2D eigenvalue weighted by molar-refractivity contribution is 5.85. The van der Waals surface area contributed by atoms with Crippen molar-refractivity contribution in [1.82, 2.24) is 5.32 Å². The van der Waals surface area contributed by atoms with Crippen LogP contribution >= 0.6 is 12.4 Å². The SMILES string of the molecule is Cl.Nc1ccc2c(c1)CCCC2NC(=O)COc1ccccc1F. The first-order valence-corrected chi connectivity index (χ1v) is 7.68. The molecule has 0 aliphatic heterocycles. The molecule has 4 nitrogen and oxygen atoms in total.